The summed E-state index contributed by atoms with van der Waals surface area (Å²) < 4.78 is 8.27. The van der Waals surface area contributed by atoms with E-state index in [1.54, 1.807) is 0 Å². The molecule has 8 nitrogen and oxygen atoms in total. The largest absolute Gasteiger partial charge is 0.457 e. The van der Waals surface area contributed by atoms with Gasteiger partial charge in [-0.1, -0.05) is 0 Å². The summed E-state index contributed by atoms with van der Waals surface area (Å²) in [4.78, 5) is 17.3. The highest BCUT2D eigenvalue weighted by Gasteiger charge is 2.15. The first-order valence-electron chi connectivity index (χ1n) is 11.8. The van der Waals surface area contributed by atoms with E-state index in [4.69, 9.17) is 9.72 Å². The maximum atomic E-state index is 6.23. The average Bonchev–Trinajstić information content (AvgIpc) is 3.47. The highest BCUT2D eigenvalue weighted by molar-refractivity contribution is 5.82. The van der Waals surface area contributed by atoms with Gasteiger partial charge in [0.25, 0.3) is 0 Å². The third-order valence-electron chi connectivity index (χ3n) is 6.55. The molecule has 2 N–H and O–H groups in total. The van der Waals surface area contributed by atoms with Gasteiger partial charge in [-0.25, -0.2) is 9.97 Å². The van der Waals surface area contributed by atoms with Crippen LogP contribution in [0.3, 0.4) is 0 Å². The van der Waals surface area contributed by atoms with E-state index in [2.05, 4.69) is 31.6 Å². The molecule has 0 unspecified atom stereocenters. The maximum Gasteiger partial charge on any atom is 0.132 e. The molecule has 4 heterocycles. The van der Waals surface area contributed by atoms with Crippen molar-refractivity contribution in [1.29, 1.82) is 0 Å². The monoisotopic (exact) mass is 453 g/mol. The van der Waals surface area contributed by atoms with E-state index >= 15 is 0 Å². The SMILES string of the molecule is Cc1nc2ccc(Oc3ccc4ncc(-c5cnn(CC6CCNCC6)c5)nc4c3C)cc2[nH]1. The fourth-order valence-electron chi connectivity index (χ4n) is 4.67. The smallest absolute Gasteiger partial charge is 0.132 e. The molecule has 0 bridgehead atoms. The van der Waals surface area contributed by atoms with Crippen LogP contribution in [0.25, 0.3) is 33.3 Å². The van der Waals surface area contributed by atoms with E-state index < -0.39 is 0 Å². The van der Waals surface area contributed by atoms with E-state index in [1.807, 2.05) is 61.3 Å². The van der Waals surface area contributed by atoms with Gasteiger partial charge < -0.3 is 15.0 Å². The molecule has 3 aromatic heterocycles. The zero-order chi connectivity index (χ0) is 23.1. The van der Waals surface area contributed by atoms with Crippen LogP contribution >= 0.6 is 0 Å². The summed E-state index contributed by atoms with van der Waals surface area (Å²) >= 11 is 0. The lowest BCUT2D eigenvalue weighted by molar-refractivity contribution is 0.321. The van der Waals surface area contributed by atoms with Crippen LogP contribution in [0, 0.1) is 19.8 Å². The van der Waals surface area contributed by atoms with E-state index in [0.717, 1.165) is 75.8 Å². The Morgan fingerprint density at radius 1 is 1.03 bits per heavy atom. The lowest BCUT2D eigenvalue weighted by Crippen LogP contribution is -2.29. The van der Waals surface area contributed by atoms with Crippen molar-refractivity contribution in [1.82, 2.24) is 35.0 Å². The Morgan fingerprint density at radius 2 is 1.88 bits per heavy atom. The van der Waals surface area contributed by atoms with Crippen LogP contribution in [0.4, 0.5) is 0 Å². The van der Waals surface area contributed by atoms with Crippen molar-refractivity contribution in [3.8, 4) is 22.8 Å². The van der Waals surface area contributed by atoms with Gasteiger partial charge in [-0.05, 0) is 70.0 Å². The molecule has 0 spiro atoms. The van der Waals surface area contributed by atoms with Gasteiger partial charge in [-0.15, -0.1) is 0 Å². The first-order chi connectivity index (χ1) is 16.6. The third kappa shape index (κ3) is 4.01. The molecule has 1 aliphatic rings. The molecule has 0 saturated carbocycles. The van der Waals surface area contributed by atoms with Crippen LogP contribution in [0.15, 0.2) is 48.9 Å². The number of fused-ring (bicyclic) bond motifs is 2. The van der Waals surface area contributed by atoms with Crippen molar-refractivity contribution in [3.63, 3.8) is 0 Å². The molecule has 6 rings (SSSR count). The van der Waals surface area contributed by atoms with Crippen molar-refractivity contribution < 1.29 is 4.74 Å². The first kappa shape index (κ1) is 20.8. The number of nitrogens with zero attached hydrogens (tertiary/aromatic N) is 5. The highest BCUT2D eigenvalue weighted by Crippen LogP contribution is 2.31. The number of nitrogens with one attached hydrogen (secondary N) is 2. The molecule has 34 heavy (non-hydrogen) atoms. The number of ether oxygens (including phenoxy) is 1. The summed E-state index contributed by atoms with van der Waals surface area (Å²) in [5.41, 5.74) is 6.31. The quantitative estimate of drug-likeness (QED) is 0.398. The summed E-state index contributed by atoms with van der Waals surface area (Å²) in [5, 5.41) is 8.00. The molecular weight excluding hydrogens is 426 g/mol. The van der Waals surface area contributed by atoms with Gasteiger partial charge >= 0.3 is 0 Å². The van der Waals surface area contributed by atoms with Gasteiger partial charge in [0.1, 0.15) is 17.3 Å². The molecule has 2 aromatic carbocycles. The van der Waals surface area contributed by atoms with E-state index in [0.29, 0.717) is 5.92 Å². The molecule has 1 aliphatic heterocycles. The van der Waals surface area contributed by atoms with Gasteiger partial charge in [-0.2, -0.15) is 5.10 Å². The Balaban J connectivity index is 1.28. The molecule has 0 radical (unpaired) electrons. The molecule has 5 aromatic rings. The predicted molar refractivity (Wildman–Crippen MR) is 132 cm³/mol. The molecule has 0 atom stereocenters. The summed E-state index contributed by atoms with van der Waals surface area (Å²) in [6.45, 7) is 7.10. The molecule has 0 amide bonds. The minimum atomic E-state index is 0.670. The minimum absolute atomic E-state index is 0.670. The zero-order valence-corrected chi connectivity index (χ0v) is 19.4. The Labute approximate surface area is 197 Å². The molecule has 0 aliphatic carbocycles. The van der Waals surface area contributed by atoms with Crippen molar-refractivity contribution in [2.45, 2.75) is 33.2 Å². The van der Waals surface area contributed by atoms with E-state index in [-0.39, 0.29) is 0 Å². The number of benzene rings is 2. The summed E-state index contributed by atoms with van der Waals surface area (Å²) in [5.74, 6) is 3.07. The molecule has 8 heteroatoms. The number of piperidine rings is 1. The third-order valence-corrected chi connectivity index (χ3v) is 6.55. The van der Waals surface area contributed by atoms with E-state index in [1.165, 1.54) is 12.8 Å². The standard InChI is InChI=1S/C26H27N7O/c1-16-25(34-20-3-4-21-23(11-20)31-17(2)30-21)6-5-22-26(16)32-24(13-28-22)19-12-29-33(15-19)14-18-7-9-27-10-8-18/h3-6,11-13,15,18,27H,7-10,14H2,1-2H3,(H,30,31). The summed E-state index contributed by atoms with van der Waals surface area (Å²) in [7, 11) is 0. The maximum absolute atomic E-state index is 6.23. The first-order valence-corrected chi connectivity index (χ1v) is 11.8. The lowest BCUT2D eigenvalue weighted by atomic mass is 9.98. The molecule has 172 valence electrons. The summed E-state index contributed by atoms with van der Waals surface area (Å²) in [6, 6.07) is 9.77. The molecule has 1 saturated heterocycles. The van der Waals surface area contributed by atoms with Gasteiger partial charge in [0.2, 0.25) is 0 Å². The second-order valence-corrected chi connectivity index (χ2v) is 9.06. The van der Waals surface area contributed by atoms with Crippen LogP contribution in [0.2, 0.25) is 0 Å². The number of imidazole rings is 1. The number of aromatic nitrogens is 6. The van der Waals surface area contributed by atoms with Crippen molar-refractivity contribution in [3.05, 3.63) is 60.3 Å². The number of aromatic amines is 1. The van der Waals surface area contributed by atoms with E-state index in [9.17, 15) is 0 Å². The normalized spacial score (nSPS) is 14.8. The molecule has 1 fully saturated rings. The van der Waals surface area contributed by atoms with Crippen LogP contribution in [0.5, 0.6) is 11.5 Å². The second kappa shape index (κ2) is 8.53. The Morgan fingerprint density at radius 3 is 2.76 bits per heavy atom. The summed E-state index contributed by atoms with van der Waals surface area (Å²) in [6.07, 6.45) is 8.17. The van der Waals surface area contributed by atoms with Crippen molar-refractivity contribution in [2.75, 3.05) is 13.1 Å². The predicted octanol–water partition coefficient (Wildman–Crippen LogP) is 4.78. The Bertz CT molecular complexity index is 1480. The topological polar surface area (TPSA) is 93.5 Å². The number of rotatable bonds is 5. The zero-order valence-electron chi connectivity index (χ0n) is 19.4. The van der Waals surface area contributed by atoms with Gasteiger partial charge in [-0.3, -0.25) is 9.67 Å². The number of H-pyrrole nitrogens is 1. The Kier molecular flexibility index (Phi) is 5.22. The van der Waals surface area contributed by atoms with Gasteiger partial charge in [0.05, 0.1) is 40.2 Å². The molecular formula is C26H27N7O. The average molecular weight is 454 g/mol. The van der Waals surface area contributed by atoms with Crippen molar-refractivity contribution in [2.24, 2.45) is 5.92 Å². The number of hydrogen-bond acceptors (Lipinski definition) is 6. The number of aryl methyl sites for hydroxylation is 2. The lowest BCUT2D eigenvalue weighted by Gasteiger charge is -2.22. The second-order valence-electron chi connectivity index (χ2n) is 9.06. The van der Waals surface area contributed by atoms with Crippen LogP contribution in [-0.4, -0.2) is 42.8 Å². The van der Waals surface area contributed by atoms with Gasteiger partial charge in [0.15, 0.2) is 0 Å². The fraction of sp³-hybridized carbons (Fsp3) is 0.308. The number of hydrogen-bond donors (Lipinski definition) is 2. The minimum Gasteiger partial charge on any atom is -0.457 e. The highest BCUT2D eigenvalue weighted by atomic mass is 16.5. The fourth-order valence-corrected chi connectivity index (χ4v) is 4.67. The Hall–Kier alpha value is -3.78. The van der Waals surface area contributed by atoms with Crippen LogP contribution in [-0.2, 0) is 6.54 Å². The van der Waals surface area contributed by atoms with Crippen LogP contribution < -0.4 is 10.1 Å². The van der Waals surface area contributed by atoms with Gasteiger partial charge in [0, 0.05) is 29.9 Å². The van der Waals surface area contributed by atoms with Crippen molar-refractivity contribution >= 4 is 22.1 Å². The van der Waals surface area contributed by atoms with Crippen LogP contribution in [0.1, 0.15) is 24.2 Å².